The number of amides is 2. The number of nitrogens with one attached hydrogen (secondary N) is 1. The lowest BCUT2D eigenvalue weighted by molar-refractivity contribution is -0.123. The van der Waals surface area contributed by atoms with Crippen LogP contribution in [0.25, 0.3) is 0 Å². The summed E-state index contributed by atoms with van der Waals surface area (Å²) in [5, 5.41) is 2.88. The number of nitrogens with zero attached hydrogens (tertiary/aromatic N) is 1. The van der Waals surface area contributed by atoms with E-state index in [9.17, 15) is 9.59 Å². The quantitative estimate of drug-likeness (QED) is 0.684. The van der Waals surface area contributed by atoms with Crippen molar-refractivity contribution < 1.29 is 23.8 Å². The maximum atomic E-state index is 12.5. The molecule has 0 radical (unpaired) electrons. The van der Waals surface area contributed by atoms with E-state index in [4.69, 9.17) is 14.2 Å². The molecule has 0 aliphatic carbocycles. The summed E-state index contributed by atoms with van der Waals surface area (Å²) in [5.74, 6) is 1.51. The van der Waals surface area contributed by atoms with Crippen LogP contribution in [-0.2, 0) is 16.0 Å². The van der Waals surface area contributed by atoms with E-state index < -0.39 is 0 Å². The maximum Gasteiger partial charge on any atom is 0.240 e. The minimum Gasteiger partial charge on any atom is -0.493 e. The Morgan fingerprint density at radius 1 is 1.21 bits per heavy atom. The van der Waals surface area contributed by atoms with Crippen LogP contribution in [0.15, 0.2) is 40.9 Å². The van der Waals surface area contributed by atoms with Gasteiger partial charge in [0.2, 0.25) is 11.8 Å². The molecule has 154 valence electrons. The van der Waals surface area contributed by atoms with Crippen molar-refractivity contribution in [2.45, 2.75) is 12.8 Å². The molecule has 0 atom stereocenters. The van der Waals surface area contributed by atoms with Crippen LogP contribution in [0.2, 0.25) is 0 Å². The van der Waals surface area contributed by atoms with Gasteiger partial charge in [-0.15, -0.1) is 0 Å². The highest BCUT2D eigenvalue weighted by molar-refractivity contribution is 9.10. The van der Waals surface area contributed by atoms with E-state index in [1.54, 1.807) is 26.4 Å². The van der Waals surface area contributed by atoms with E-state index in [1.807, 2.05) is 24.3 Å². The molecule has 7 nitrogen and oxygen atoms in total. The van der Waals surface area contributed by atoms with Gasteiger partial charge in [-0.1, -0.05) is 28.1 Å². The predicted molar refractivity (Wildman–Crippen MR) is 113 cm³/mol. The van der Waals surface area contributed by atoms with Crippen molar-refractivity contribution in [2.24, 2.45) is 0 Å². The average molecular weight is 463 g/mol. The van der Waals surface area contributed by atoms with Gasteiger partial charge in [-0.25, -0.2) is 0 Å². The number of methoxy groups -OCH3 is 2. The highest BCUT2D eigenvalue weighted by atomic mass is 79.9. The van der Waals surface area contributed by atoms with Crippen LogP contribution in [-0.4, -0.2) is 45.7 Å². The Hall–Kier alpha value is -2.74. The third-order valence-electron chi connectivity index (χ3n) is 4.60. The second-order valence-corrected chi connectivity index (χ2v) is 7.30. The Kier molecular flexibility index (Phi) is 6.98. The maximum absolute atomic E-state index is 12.5. The molecule has 0 saturated heterocycles. The van der Waals surface area contributed by atoms with Crippen LogP contribution in [0.4, 0.5) is 5.69 Å². The Labute approximate surface area is 178 Å². The molecular weight excluding hydrogens is 440 g/mol. The normalized spacial score (nSPS) is 13.2. The van der Waals surface area contributed by atoms with Crippen LogP contribution in [0, 0.1) is 0 Å². The van der Waals surface area contributed by atoms with Gasteiger partial charge in [0.15, 0.2) is 11.5 Å². The number of rotatable bonds is 7. The minimum absolute atomic E-state index is 0.0493. The summed E-state index contributed by atoms with van der Waals surface area (Å²) in [6.07, 6.45) is 0.834. The molecule has 3 rings (SSSR count). The van der Waals surface area contributed by atoms with E-state index in [-0.39, 0.29) is 24.8 Å². The van der Waals surface area contributed by atoms with Crippen molar-refractivity contribution >= 4 is 33.4 Å². The van der Waals surface area contributed by atoms with Gasteiger partial charge in [-0.2, -0.15) is 0 Å². The fraction of sp³-hybridized carbons (Fsp3) is 0.333. The standard InChI is InChI=1S/C21H23BrN2O5/c1-27-18-11-14(15(22)12-19(18)28-2)7-9-23-20(25)13-24-16-5-3-4-6-17(16)29-10-8-21(24)26/h3-6,11-12H,7-10,13H2,1-2H3,(H,23,25). The van der Waals surface area contributed by atoms with Crippen molar-refractivity contribution in [3.63, 3.8) is 0 Å². The van der Waals surface area contributed by atoms with Crippen LogP contribution in [0.5, 0.6) is 17.2 Å². The van der Waals surface area contributed by atoms with Crippen molar-refractivity contribution in [1.82, 2.24) is 5.32 Å². The van der Waals surface area contributed by atoms with Gasteiger partial charge in [-0.3, -0.25) is 14.5 Å². The van der Waals surface area contributed by atoms with Crippen molar-refractivity contribution in [1.29, 1.82) is 0 Å². The monoisotopic (exact) mass is 462 g/mol. The molecule has 0 saturated carbocycles. The lowest BCUT2D eigenvalue weighted by Gasteiger charge is -2.21. The summed E-state index contributed by atoms with van der Waals surface area (Å²) in [6, 6.07) is 11.0. The number of benzene rings is 2. The molecule has 1 aliphatic heterocycles. The number of fused-ring (bicyclic) bond motifs is 1. The molecule has 0 fully saturated rings. The number of hydrogen-bond donors (Lipinski definition) is 1. The van der Waals surface area contributed by atoms with E-state index in [1.165, 1.54) is 4.90 Å². The average Bonchev–Trinajstić information content (AvgIpc) is 2.88. The van der Waals surface area contributed by atoms with E-state index in [0.717, 1.165) is 10.0 Å². The summed E-state index contributed by atoms with van der Waals surface area (Å²) in [4.78, 5) is 26.4. The summed E-state index contributed by atoms with van der Waals surface area (Å²) < 4.78 is 17.1. The summed E-state index contributed by atoms with van der Waals surface area (Å²) in [7, 11) is 3.16. The first kappa shape index (κ1) is 21.0. The van der Waals surface area contributed by atoms with Crippen molar-refractivity contribution in [3.8, 4) is 17.2 Å². The Bertz CT molecular complexity index is 903. The zero-order valence-corrected chi connectivity index (χ0v) is 18.0. The van der Waals surface area contributed by atoms with Gasteiger partial charge >= 0.3 is 0 Å². The van der Waals surface area contributed by atoms with Gasteiger partial charge < -0.3 is 19.5 Å². The Morgan fingerprint density at radius 2 is 1.93 bits per heavy atom. The second-order valence-electron chi connectivity index (χ2n) is 6.44. The molecule has 8 heteroatoms. The molecule has 0 spiro atoms. The number of ether oxygens (including phenoxy) is 3. The molecular formula is C21H23BrN2O5. The molecule has 1 heterocycles. The zero-order chi connectivity index (χ0) is 20.8. The van der Waals surface area contributed by atoms with E-state index in [0.29, 0.717) is 42.5 Å². The van der Waals surface area contributed by atoms with Crippen LogP contribution in [0.1, 0.15) is 12.0 Å². The molecule has 1 aliphatic rings. The summed E-state index contributed by atoms with van der Waals surface area (Å²) in [5.41, 5.74) is 1.60. The van der Waals surface area contributed by atoms with E-state index >= 15 is 0 Å². The number of carbonyl (C=O) groups excluding carboxylic acids is 2. The number of para-hydroxylation sites is 2. The predicted octanol–water partition coefficient (Wildman–Crippen LogP) is 2.94. The topological polar surface area (TPSA) is 77.1 Å². The fourth-order valence-electron chi connectivity index (χ4n) is 3.12. The molecule has 2 amide bonds. The van der Waals surface area contributed by atoms with Gasteiger partial charge in [0, 0.05) is 11.0 Å². The van der Waals surface area contributed by atoms with Gasteiger partial charge in [0.1, 0.15) is 12.3 Å². The SMILES string of the molecule is COc1cc(Br)c(CCNC(=O)CN2C(=O)CCOc3ccccc32)cc1OC. The third-order valence-corrected chi connectivity index (χ3v) is 5.34. The molecule has 2 aromatic carbocycles. The Morgan fingerprint density at radius 3 is 2.69 bits per heavy atom. The Balaban J connectivity index is 1.61. The van der Waals surface area contributed by atoms with Crippen LogP contribution >= 0.6 is 15.9 Å². The third kappa shape index (κ3) is 5.00. The first-order valence-electron chi connectivity index (χ1n) is 9.22. The molecule has 0 bridgehead atoms. The van der Waals surface area contributed by atoms with E-state index in [2.05, 4.69) is 21.2 Å². The zero-order valence-electron chi connectivity index (χ0n) is 16.4. The van der Waals surface area contributed by atoms with Gasteiger partial charge in [0.05, 0.1) is 32.9 Å². The molecule has 29 heavy (non-hydrogen) atoms. The molecule has 0 aromatic heterocycles. The molecule has 2 aromatic rings. The number of anilines is 1. The van der Waals surface area contributed by atoms with Gasteiger partial charge in [-0.05, 0) is 36.2 Å². The minimum atomic E-state index is -0.230. The summed E-state index contributed by atoms with van der Waals surface area (Å²) >= 11 is 3.52. The number of carbonyl (C=O) groups is 2. The molecule has 0 unspecified atom stereocenters. The highest BCUT2D eigenvalue weighted by Gasteiger charge is 2.24. The van der Waals surface area contributed by atoms with Crippen LogP contribution in [0.3, 0.4) is 0 Å². The fourth-order valence-corrected chi connectivity index (χ4v) is 3.64. The lowest BCUT2D eigenvalue weighted by atomic mass is 10.1. The van der Waals surface area contributed by atoms with Crippen molar-refractivity contribution in [2.75, 3.05) is 38.8 Å². The molecule has 1 N–H and O–H groups in total. The van der Waals surface area contributed by atoms with Gasteiger partial charge in [0.25, 0.3) is 0 Å². The smallest absolute Gasteiger partial charge is 0.240 e. The second kappa shape index (κ2) is 9.65. The lowest BCUT2D eigenvalue weighted by Crippen LogP contribution is -2.41. The number of halogens is 1. The number of hydrogen-bond acceptors (Lipinski definition) is 5. The highest BCUT2D eigenvalue weighted by Crippen LogP contribution is 2.33. The van der Waals surface area contributed by atoms with Crippen LogP contribution < -0.4 is 24.4 Å². The largest absolute Gasteiger partial charge is 0.493 e. The van der Waals surface area contributed by atoms with Crippen molar-refractivity contribution in [3.05, 3.63) is 46.4 Å². The first-order valence-corrected chi connectivity index (χ1v) is 10.0. The first-order chi connectivity index (χ1) is 14.0. The summed E-state index contributed by atoms with van der Waals surface area (Å²) in [6.45, 7) is 0.681.